The summed E-state index contributed by atoms with van der Waals surface area (Å²) in [5, 5.41) is 7.79. The van der Waals surface area contributed by atoms with Crippen LogP contribution in [0.3, 0.4) is 0 Å². The minimum absolute atomic E-state index is 0.0129. The van der Waals surface area contributed by atoms with E-state index in [1.165, 1.54) is 32.1 Å². The molecule has 1 unspecified atom stereocenters. The zero-order valence-electron chi connectivity index (χ0n) is 12.9. The lowest BCUT2D eigenvalue weighted by molar-refractivity contribution is 0.261. The highest BCUT2D eigenvalue weighted by Gasteiger charge is 2.35. The van der Waals surface area contributed by atoms with Crippen LogP contribution in [0.1, 0.15) is 52.4 Å². The molecule has 2 fully saturated rings. The fourth-order valence-electron chi connectivity index (χ4n) is 3.42. The predicted molar refractivity (Wildman–Crippen MR) is 88.6 cm³/mol. The number of nitrogens with one attached hydrogen (secondary N) is 1. The second-order valence-corrected chi connectivity index (χ2v) is 8.08. The lowest BCUT2D eigenvalue weighted by Gasteiger charge is -2.29. The summed E-state index contributed by atoms with van der Waals surface area (Å²) in [6.07, 6.45) is 9.06. The van der Waals surface area contributed by atoms with Gasteiger partial charge < -0.3 is 5.32 Å². The van der Waals surface area contributed by atoms with Crippen LogP contribution >= 0.6 is 15.9 Å². The Morgan fingerprint density at radius 1 is 1.38 bits per heavy atom. The summed E-state index contributed by atoms with van der Waals surface area (Å²) in [6, 6.07) is 0.362. The van der Waals surface area contributed by atoms with E-state index in [-0.39, 0.29) is 11.0 Å². The van der Waals surface area contributed by atoms with Gasteiger partial charge in [-0.1, -0.05) is 26.7 Å². The van der Waals surface area contributed by atoms with Crippen molar-refractivity contribution in [3.05, 3.63) is 21.0 Å². The molecule has 0 radical (unpaired) electrons. The smallest absolute Gasteiger partial charge is 0.291 e. The van der Waals surface area contributed by atoms with Gasteiger partial charge in [0.05, 0.1) is 10.7 Å². The Kier molecular flexibility index (Phi) is 4.12. The fourth-order valence-corrected chi connectivity index (χ4v) is 3.79. The molecule has 3 rings (SSSR count). The monoisotopic (exact) mass is 353 g/mol. The molecule has 0 saturated heterocycles. The van der Waals surface area contributed by atoms with Crippen LogP contribution in [0.15, 0.2) is 15.5 Å². The molecule has 0 aromatic carbocycles. The van der Waals surface area contributed by atoms with Crippen molar-refractivity contribution in [3.8, 4) is 0 Å². The zero-order chi connectivity index (χ0) is 15.0. The Hall–Kier alpha value is -0.840. The molecule has 1 aromatic heterocycles. The fraction of sp³-hybridized carbons (Fsp3) is 0.750. The van der Waals surface area contributed by atoms with E-state index < -0.39 is 0 Å². The Morgan fingerprint density at radius 3 is 2.71 bits per heavy atom. The third kappa shape index (κ3) is 3.03. The number of anilines is 1. The van der Waals surface area contributed by atoms with Crippen molar-refractivity contribution in [1.29, 1.82) is 0 Å². The quantitative estimate of drug-likeness (QED) is 0.895. The summed E-state index contributed by atoms with van der Waals surface area (Å²) < 4.78 is 2.42. The van der Waals surface area contributed by atoms with Crippen molar-refractivity contribution in [2.24, 2.45) is 11.3 Å². The summed E-state index contributed by atoms with van der Waals surface area (Å²) in [6.45, 7) is 5.31. The van der Waals surface area contributed by atoms with E-state index in [4.69, 9.17) is 0 Å². The Balaban J connectivity index is 1.83. The average Bonchev–Trinajstić information content (AvgIpc) is 2.70. The maximum atomic E-state index is 12.7. The molecule has 2 saturated carbocycles. The zero-order valence-corrected chi connectivity index (χ0v) is 14.4. The average molecular weight is 354 g/mol. The van der Waals surface area contributed by atoms with E-state index in [9.17, 15) is 4.79 Å². The summed E-state index contributed by atoms with van der Waals surface area (Å²) in [5.74, 6) is 0.632. The number of halogens is 1. The Bertz CT molecular complexity index is 577. The first-order valence-corrected chi connectivity index (χ1v) is 8.79. The summed E-state index contributed by atoms with van der Waals surface area (Å²) in [5.41, 5.74) is 0.941. The number of rotatable bonds is 4. The van der Waals surface area contributed by atoms with Gasteiger partial charge in [-0.3, -0.25) is 4.79 Å². The van der Waals surface area contributed by atoms with Crippen molar-refractivity contribution in [2.45, 2.75) is 65.0 Å². The van der Waals surface area contributed by atoms with Gasteiger partial charge in [-0.15, -0.1) is 0 Å². The van der Waals surface area contributed by atoms with Crippen LogP contribution in [0.4, 0.5) is 5.69 Å². The molecule has 2 aliphatic rings. The van der Waals surface area contributed by atoms with Gasteiger partial charge in [0, 0.05) is 12.6 Å². The molecule has 2 aliphatic carbocycles. The maximum absolute atomic E-state index is 12.7. The number of aromatic nitrogens is 2. The minimum Gasteiger partial charge on any atom is -0.376 e. The van der Waals surface area contributed by atoms with Crippen LogP contribution < -0.4 is 10.9 Å². The molecule has 1 heterocycles. The van der Waals surface area contributed by atoms with Gasteiger partial charge in [0.2, 0.25) is 0 Å². The molecule has 1 aromatic rings. The highest BCUT2D eigenvalue weighted by Crippen LogP contribution is 2.39. The standard InChI is InChI=1S/C16H24BrN3O/c1-16(2)8-4-7-13(16)19-14-12(17)9-18-20(15(14)21)10-11-5-3-6-11/h9,11,13,19H,3-8,10H2,1-2H3. The van der Waals surface area contributed by atoms with Gasteiger partial charge in [-0.2, -0.15) is 5.10 Å². The normalized spacial score (nSPS) is 24.8. The van der Waals surface area contributed by atoms with Crippen molar-refractivity contribution in [2.75, 3.05) is 5.32 Å². The highest BCUT2D eigenvalue weighted by atomic mass is 79.9. The van der Waals surface area contributed by atoms with Gasteiger partial charge >= 0.3 is 0 Å². The van der Waals surface area contributed by atoms with Crippen molar-refractivity contribution >= 4 is 21.6 Å². The highest BCUT2D eigenvalue weighted by molar-refractivity contribution is 9.10. The van der Waals surface area contributed by atoms with E-state index in [0.717, 1.165) is 17.4 Å². The van der Waals surface area contributed by atoms with Crippen LogP contribution in [0.5, 0.6) is 0 Å². The van der Waals surface area contributed by atoms with Gasteiger partial charge in [0.15, 0.2) is 0 Å². The SMILES string of the molecule is CC1(C)CCCC1Nc1c(Br)cnn(CC2CCC2)c1=O. The molecule has 21 heavy (non-hydrogen) atoms. The van der Waals surface area contributed by atoms with E-state index in [1.54, 1.807) is 10.9 Å². The number of hydrogen-bond acceptors (Lipinski definition) is 3. The van der Waals surface area contributed by atoms with Crippen LogP contribution in [-0.4, -0.2) is 15.8 Å². The molecule has 0 spiro atoms. The molecular formula is C16H24BrN3O. The van der Waals surface area contributed by atoms with Crippen molar-refractivity contribution < 1.29 is 0 Å². The third-order valence-electron chi connectivity index (χ3n) is 5.23. The topological polar surface area (TPSA) is 46.9 Å². The maximum Gasteiger partial charge on any atom is 0.291 e. The second-order valence-electron chi connectivity index (χ2n) is 7.23. The first kappa shape index (κ1) is 15.1. The summed E-state index contributed by atoms with van der Waals surface area (Å²) >= 11 is 3.49. The molecule has 0 aliphatic heterocycles. The van der Waals surface area contributed by atoms with Crippen molar-refractivity contribution in [1.82, 2.24) is 9.78 Å². The van der Waals surface area contributed by atoms with Gasteiger partial charge in [-0.05, 0) is 52.9 Å². The molecular weight excluding hydrogens is 330 g/mol. The molecule has 1 atom stereocenters. The van der Waals surface area contributed by atoms with Crippen LogP contribution in [0, 0.1) is 11.3 Å². The molecule has 4 nitrogen and oxygen atoms in total. The largest absolute Gasteiger partial charge is 0.376 e. The minimum atomic E-state index is 0.0129. The molecule has 5 heteroatoms. The molecule has 116 valence electrons. The summed E-state index contributed by atoms with van der Waals surface area (Å²) in [4.78, 5) is 12.7. The Labute approximate surface area is 134 Å². The Morgan fingerprint density at radius 2 is 2.14 bits per heavy atom. The van der Waals surface area contributed by atoms with Crippen LogP contribution in [0.2, 0.25) is 0 Å². The van der Waals surface area contributed by atoms with E-state index in [1.807, 2.05) is 0 Å². The first-order valence-electron chi connectivity index (χ1n) is 7.99. The summed E-state index contributed by atoms with van der Waals surface area (Å²) in [7, 11) is 0. The van der Waals surface area contributed by atoms with E-state index in [2.05, 4.69) is 40.2 Å². The molecule has 0 bridgehead atoms. The number of nitrogens with zero attached hydrogens (tertiary/aromatic N) is 2. The van der Waals surface area contributed by atoms with E-state index >= 15 is 0 Å². The lowest BCUT2D eigenvalue weighted by Crippen LogP contribution is -2.36. The molecule has 0 amide bonds. The van der Waals surface area contributed by atoms with Crippen LogP contribution in [-0.2, 0) is 6.54 Å². The third-order valence-corrected chi connectivity index (χ3v) is 5.83. The van der Waals surface area contributed by atoms with Gasteiger partial charge in [0.1, 0.15) is 5.69 Å². The first-order chi connectivity index (χ1) is 9.97. The van der Waals surface area contributed by atoms with Gasteiger partial charge in [0.25, 0.3) is 5.56 Å². The predicted octanol–water partition coefficient (Wildman–Crippen LogP) is 3.80. The molecule has 1 N–H and O–H groups in total. The van der Waals surface area contributed by atoms with Gasteiger partial charge in [-0.25, -0.2) is 4.68 Å². The number of hydrogen-bond donors (Lipinski definition) is 1. The van der Waals surface area contributed by atoms with Crippen molar-refractivity contribution in [3.63, 3.8) is 0 Å². The second kappa shape index (κ2) is 5.75. The lowest BCUT2D eigenvalue weighted by atomic mass is 9.85. The van der Waals surface area contributed by atoms with E-state index in [0.29, 0.717) is 17.6 Å². The van der Waals surface area contributed by atoms with Crippen LogP contribution in [0.25, 0.3) is 0 Å².